The second-order valence-corrected chi connectivity index (χ2v) is 4.49. The first-order valence-corrected chi connectivity index (χ1v) is 5.39. The number of nitrogens with zero attached hydrogens (tertiary/aromatic N) is 2. The van der Waals surface area contributed by atoms with Gasteiger partial charge >= 0.3 is 0 Å². The van der Waals surface area contributed by atoms with Gasteiger partial charge in [0.2, 0.25) is 0 Å². The second kappa shape index (κ2) is 3.73. The lowest BCUT2D eigenvalue weighted by molar-refractivity contribution is 0.150. The van der Waals surface area contributed by atoms with Crippen LogP contribution in [-0.4, -0.2) is 21.0 Å². The van der Waals surface area contributed by atoms with E-state index in [9.17, 15) is 5.11 Å². The van der Waals surface area contributed by atoms with Gasteiger partial charge in [0.1, 0.15) is 0 Å². The molecular weight excluding hydrogens is 176 g/mol. The molecule has 0 radical (unpaired) electrons. The van der Waals surface area contributed by atoms with E-state index >= 15 is 0 Å². The van der Waals surface area contributed by atoms with Gasteiger partial charge in [-0.3, -0.25) is 4.68 Å². The first kappa shape index (κ1) is 9.71. The van der Waals surface area contributed by atoms with Crippen LogP contribution in [-0.2, 0) is 6.42 Å². The highest BCUT2D eigenvalue weighted by Gasteiger charge is 2.30. The van der Waals surface area contributed by atoms with Crippen molar-refractivity contribution in [3.8, 4) is 0 Å². The maximum atomic E-state index is 9.74. The summed E-state index contributed by atoms with van der Waals surface area (Å²) < 4.78 is 1.94. The summed E-state index contributed by atoms with van der Waals surface area (Å²) in [5, 5.41) is 14.2. The standard InChI is InChI=1S/C11H18N2O/c1-8(2)13-6-5-10(12-13)7-11(14)9-3-4-9/h5-6,8-9,11,14H,3-4,7H2,1-2H3. The van der Waals surface area contributed by atoms with Crippen LogP contribution >= 0.6 is 0 Å². The molecule has 1 heterocycles. The molecule has 1 fully saturated rings. The van der Waals surface area contributed by atoms with Crippen LogP contribution < -0.4 is 0 Å². The molecule has 2 rings (SSSR count). The van der Waals surface area contributed by atoms with Crippen molar-refractivity contribution in [3.05, 3.63) is 18.0 Å². The van der Waals surface area contributed by atoms with Gasteiger partial charge in [0.25, 0.3) is 0 Å². The molecule has 1 N–H and O–H groups in total. The molecule has 0 aromatic carbocycles. The molecular formula is C11H18N2O. The van der Waals surface area contributed by atoms with Crippen molar-refractivity contribution >= 4 is 0 Å². The Morgan fingerprint density at radius 2 is 2.29 bits per heavy atom. The summed E-state index contributed by atoms with van der Waals surface area (Å²) in [5.41, 5.74) is 1.01. The zero-order chi connectivity index (χ0) is 10.1. The van der Waals surface area contributed by atoms with Crippen molar-refractivity contribution in [2.75, 3.05) is 0 Å². The third-order valence-corrected chi connectivity index (χ3v) is 2.78. The highest BCUT2D eigenvalue weighted by atomic mass is 16.3. The lowest BCUT2D eigenvalue weighted by Crippen LogP contribution is -2.13. The van der Waals surface area contributed by atoms with E-state index in [-0.39, 0.29) is 6.10 Å². The van der Waals surface area contributed by atoms with E-state index in [2.05, 4.69) is 18.9 Å². The fraction of sp³-hybridized carbons (Fsp3) is 0.727. The monoisotopic (exact) mass is 194 g/mol. The second-order valence-electron chi connectivity index (χ2n) is 4.49. The zero-order valence-corrected chi connectivity index (χ0v) is 8.85. The molecule has 1 aromatic rings. The summed E-state index contributed by atoms with van der Waals surface area (Å²) in [5.74, 6) is 0.541. The van der Waals surface area contributed by atoms with E-state index in [0.29, 0.717) is 18.4 Å². The van der Waals surface area contributed by atoms with Crippen molar-refractivity contribution in [2.45, 2.75) is 45.3 Å². The lowest BCUT2D eigenvalue weighted by atomic mass is 10.1. The first-order chi connectivity index (χ1) is 6.66. The van der Waals surface area contributed by atoms with Gasteiger partial charge in [0.05, 0.1) is 11.8 Å². The van der Waals surface area contributed by atoms with Crippen molar-refractivity contribution in [1.82, 2.24) is 9.78 Å². The predicted molar refractivity (Wildman–Crippen MR) is 55.0 cm³/mol. The van der Waals surface area contributed by atoms with E-state index in [1.807, 2.05) is 16.9 Å². The quantitative estimate of drug-likeness (QED) is 0.793. The summed E-state index contributed by atoms with van der Waals surface area (Å²) in [4.78, 5) is 0. The number of aliphatic hydroxyl groups is 1. The molecule has 0 amide bonds. The van der Waals surface area contributed by atoms with E-state index in [4.69, 9.17) is 0 Å². The van der Waals surface area contributed by atoms with Gasteiger partial charge < -0.3 is 5.11 Å². The van der Waals surface area contributed by atoms with Crippen molar-refractivity contribution in [2.24, 2.45) is 5.92 Å². The molecule has 0 aliphatic heterocycles. The number of rotatable bonds is 4. The van der Waals surface area contributed by atoms with Gasteiger partial charge in [0, 0.05) is 18.7 Å². The van der Waals surface area contributed by atoms with Crippen LogP contribution in [0.2, 0.25) is 0 Å². The van der Waals surface area contributed by atoms with Gasteiger partial charge in [0.15, 0.2) is 0 Å². The van der Waals surface area contributed by atoms with Gasteiger partial charge in [-0.2, -0.15) is 5.10 Å². The van der Waals surface area contributed by atoms with Crippen molar-refractivity contribution in [3.63, 3.8) is 0 Å². The van der Waals surface area contributed by atoms with Gasteiger partial charge in [-0.25, -0.2) is 0 Å². The minimum absolute atomic E-state index is 0.175. The Kier molecular flexibility index (Phi) is 2.59. The van der Waals surface area contributed by atoms with Crippen LogP contribution in [0.25, 0.3) is 0 Å². The van der Waals surface area contributed by atoms with Crippen LogP contribution in [0.15, 0.2) is 12.3 Å². The van der Waals surface area contributed by atoms with E-state index in [1.54, 1.807) is 0 Å². The van der Waals surface area contributed by atoms with Crippen molar-refractivity contribution in [1.29, 1.82) is 0 Å². The summed E-state index contributed by atoms with van der Waals surface area (Å²) in [6.07, 6.45) is 4.90. The van der Waals surface area contributed by atoms with Gasteiger partial charge in [-0.1, -0.05) is 0 Å². The van der Waals surface area contributed by atoms with Gasteiger partial charge in [-0.15, -0.1) is 0 Å². The third kappa shape index (κ3) is 2.15. The number of hydrogen-bond acceptors (Lipinski definition) is 2. The molecule has 1 aliphatic carbocycles. The molecule has 0 bridgehead atoms. The van der Waals surface area contributed by atoms with Crippen LogP contribution in [0, 0.1) is 5.92 Å². The summed E-state index contributed by atoms with van der Waals surface area (Å²) >= 11 is 0. The Hall–Kier alpha value is -0.830. The van der Waals surface area contributed by atoms with Gasteiger partial charge in [-0.05, 0) is 38.7 Å². The fourth-order valence-corrected chi connectivity index (χ4v) is 1.64. The molecule has 0 saturated heterocycles. The first-order valence-electron chi connectivity index (χ1n) is 5.39. The van der Waals surface area contributed by atoms with E-state index in [1.165, 1.54) is 12.8 Å². The Bertz CT molecular complexity index is 302. The minimum atomic E-state index is -0.175. The Balaban J connectivity index is 1.95. The number of aliphatic hydroxyl groups excluding tert-OH is 1. The molecule has 3 heteroatoms. The summed E-state index contributed by atoms with van der Waals surface area (Å²) in [7, 11) is 0. The Labute approximate surface area is 84.7 Å². The molecule has 78 valence electrons. The summed E-state index contributed by atoms with van der Waals surface area (Å²) in [6, 6.07) is 2.41. The van der Waals surface area contributed by atoms with Crippen LogP contribution in [0.3, 0.4) is 0 Å². The van der Waals surface area contributed by atoms with Crippen molar-refractivity contribution < 1.29 is 5.11 Å². The molecule has 1 saturated carbocycles. The fourth-order valence-electron chi connectivity index (χ4n) is 1.64. The van der Waals surface area contributed by atoms with Crippen LogP contribution in [0.1, 0.15) is 38.4 Å². The minimum Gasteiger partial charge on any atom is -0.392 e. The molecule has 0 spiro atoms. The number of hydrogen-bond donors (Lipinski definition) is 1. The smallest absolute Gasteiger partial charge is 0.0650 e. The maximum absolute atomic E-state index is 9.74. The lowest BCUT2D eigenvalue weighted by Gasteiger charge is -2.07. The topological polar surface area (TPSA) is 38.0 Å². The summed E-state index contributed by atoms with van der Waals surface area (Å²) in [6.45, 7) is 4.21. The predicted octanol–water partition coefficient (Wildman–Crippen LogP) is 1.78. The average Bonchev–Trinajstić information content (AvgIpc) is 2.87. The zero-order valence-electron chi connectivity index (χ0n) is 8.85. The SMILES string of the molecule is CC(C)n1ccc(CC(O)C2CC2)n1. The number of aromatic nitrogens is 2. The molecule has 1 aliphatic rings. The largest absolute Gasteiger partial charge is 0.392 e. The third-order valence-electron chi connectivity index (χ3n) is 2.78. The highest BCUT2D eigenvalue weighted by Crippen LogP contribution is 2.33. The average molecular weight is 194 g/mol. The normalized spacial score (nSPS) is 18.9. The molecule has 1 atom stereocenters. The molecule has 3 nitrogen and oxygen atoms in total. The Morgan fingerprint density at radius 3 is 2.79 bits per heavy atom. The maximum Gasteiger partial charge on any atom is 0.0650 e. The molecule has 1 unspecified atom stereocenters. The molecule has 1 aromatic heterocycles. The van der Waals surface area contributed by atoms with E-state index < -0.39 is 0 Å². The van der Waals surface area contributed by atoms with Crippen LogP contribution in [0.5, 0.6) is 0 Å². The van der Waals surface area contributed by atoms with Crippen LogP contribution in [0.4, 0.5) is 0 Å². The van der Waals surface area contributed by atoms with E-state index in [0.717, 1.165) is 5.69 Å². The highest BCUT2D eigenvalue weighted by molar-refractivity contribution is 5.02. The Morgan fingerprint density at radius 1 is 1.57 bits per heavy atom. The molecule has 14 heavy (non-hydrogen) atoms.